The summed E-state index contributed by atoms with van der Waals surface area (Å²) >= 11 is 1.59. The summed E-state index contributed by atoms with van der Waals surface area (Å²) in [6.07, 6.45) is 6.06. The van der Waals surface area contributed by atoms with Gasteiger partial charge in [-0.2, -0.15) is 5.10 Å². The molecular formula is C27H24N2OS. The molecule has 0 atom stereocenters. The monoisotopic (exact) mass is 424 g/mol. The maximum Gasteiger partial charge on any atom is 0.213 e. The van der Waals surface area contributed by atoms with Crippen LogP contribution in [-0.4, -0.2) is 21.8 Å². The van der Waals surface area contributed by atoms with E-state index in [1.165, 1.54) is 11.1 Å². The van der Waals surface area contributed by atoms with Crippen LogP contribution in [0.3, 0.4) is 0 Å². The van der Waals surface area contributed by atoms with E-state index in [9.17, 15) is 4.79 Å². The van der Waals surface area contributed by atoms with Crippen molar-refractivity contribution < 1.29 is 4.79 Å². The maximum absolute atomic E-state index is 13.4. The summed E-state index contributed by atoms with van der Waals surface area (Å²) in [4.78, 5) is 13.4. The molecule has 3 nitrogen and oxygen atoms in total. The molecule has 0 bridgehead atoms. The minimum absolute atomic E-state index is 0.0784. The van der Waals surface area contributed by atoms with Crippen molar-refractivity contribution in [1.29, 1.82) is 0 Å². The summed E-state index contributed by atoms with van der Waals surface area (Å²) in [6, 6.07) is 25.8. The molecule has 0 aliphatic heterocycles. The second-order valence-corrected chi connectivity index (χ2v) is 8.25. The zero-order chi connectivity index (χ0) is 21.8. The van der Waals surface area contributed by atoms with Gasteiger partial charge in [-0.25, -0.2) is 4.68 Å². The Bertz CT molecular complexity index is 1220. The summed E-state index contributed by atoms with van der Waals surface area (Å²) < 4.78 is 1.87. The maximum atomic E-state index is 13.4. The summed E-state index contributed by atoms with van der Waals surface area (Å²) in [5.41, 5.74) is 6.34. The molecule has 0 fully saturated rings. The van der Waals surface area contributed by atoms with Gasteiger partial charge in [-0.15, -0.1) is 11.8 Å². The third-order valence-corrected chi connectivity index (χ3v) is 5.90. The molecule has 1 heterocycles. The zero-order valence-corrected chi connectivity index (χ0v) is 18.7. The molecule has 0 spiro atoms. The predicted octanol–water partition coefficient (Wildman–Crippen LogP) is 6.61. The van der Waals surface area contributed by atoms with Gasteiger partial charge >= 0.3 is 0 Å². The van der Waals surface area contributed by atoms with Crippen molar-refractivity contribution >= 4 is 29.7 Å². The van der Waals surface area contributed by atoms with Crippen molar-refractivity contribution in [2.75, 3.05) is 6.26 Å². The van der Waals surface area contributed by atoms with E-state index in [0.29, 0.717) is 11.3 Å². The minimum atomic E-state index is -0.0784. The summed E-state index contributed by atoms with van der Waals surface area (Å²) in [5.74, 6) is -0.0784. The Morgan fingerprint density at radius 1 is 0.839 bits per heavy atom. The first-order chi connectivity index (χ1) is 15.1. The first kappa shape index (κ1) is 20.9. The van der Waals surface area contributed by atoms with E-state index in [0.717, 1.165) is 21.8 Å². The largest absolute Gasteiger partial charge is 0.287 e. The fourth-order valence-electron chi connectivity index (χ4n) is 3.37. The van der Waals surface area contributed by atoms with E-state index in [4.69, 9.17) is 5.10 Å². The second kappa shape index (κ2) is 9.19. The fraction of sp³-hybridized carbons (Fsp3) is 0.111. The highest BCUT2D eigenvalue weighted by atomic mass is 32.2. The Labute approximate surface area is 187 Å². The van der Waals surface area contributed by atoms with Crippen molar-refractivity contribution in [3.05, 3.63) is 112 Å². The molecule has 3 aromatic carbocycles. The Morgan fingerprint density at radius 3 is 2.06 bits per heavy atom. The number of hydrogen-bond donors (Lipinski definition) is 0. The van der Waals surface area contributed by atoms with Gasteiger partial charge in [0, 0.05) is 11.1 Å². The van der Waals surface area contributed by atoms with Crippen LogP contribution in [0.25, 0.3) is 17.8 Å². The van der Waals surface area contributed by atoms with Gasteiger partial charge in [-0.05, 0) is 43.9 Å². The van der Waals surface area contributed by atoms with E-state index in [-0.39, 0.29) is 5.78 Å². The lowest BCUT2D eigenvalue weighted by Gasteiger charge is -2.06. The number of aryl methyl sites for hydroxylation is 2. The van der Waals surface area contributed by atoms with Crippen LogP contribution in [0.4, 0.5) is 0 Å². The van der Waals surface area contributed by atoms with Gasteiger partial charge in [-0.3, -0.25) is 4.79 Å². The number of benzene rings is 3. The Balaban J connectivity index is 1.86. The number of carbonyl (C=O) groups is 1. The van der Waals surface area contributed by atoms with E-state index in [2.05, 4.69) is 50.2 Å². The van der Waals surface area contributed by atoms with Crippen molar-refractivity contribution in [2.24, 2.45) is 0 Å². The van der Waals surface area contributed by atoms with Crippen molar-refractivity contribution in [2.45, 2.75) is 18.9 Å². The van der Waals surface area contributed by atoms with Gasteiger partial charge in [-0.1, -0.05) is 83.9 Å². The molecule has 4 aromatic rings. The van der Waals surface area contributed by atoms with Crippen molar-refractivity contribution in [1.82, 2.24) is 9.78 Å². The molecule has 0 radical (unpaired) electrons. The number of aromatic nitrogens is 2. The minimum Gasteiger partial charge on any atom is -0.287 e. The molecule has 0 N–H and O–H groups in total. The van der Waals surface area contributed by atoms with Crippen molar-refractivity contribution in [3.8, 4) is 5.69 Å². The van der Waals surface area contributed by atoms with Gasteiger partial charge in [0.05, 0.1) is 5.69 Å². The molecule has 0 aliphatic rings. The summed E-state index contributed by atoms with van der Waals surface area (Å²) in [7, 11) is 0. The molecule has 0 saturated carbocycles. The van der Waals surface area contributed by atoms with Gasteiger partial charge in [0.15, 0.2) is 0 Å². The van der Waals surface area contributed by atoms with E-state index in [1.807, 2.05) is 65.6 Å². The highest BCUT2D eigenvalue weighted by Gasteiger charge is 2.23. The average molecular weight is 425 g/mol. The smallest absolute Gasteiger partial charge is 0.213 e. The quantitative estimate of drug-likeness (QED) is 0.258. The van der Waals surface area contributed by atoms with Crippen LogP contribution in [0.1, 0.15) is 38.3 Å². The molecule has 0 unspecified atom stereocenters. The van der Waals surface area contributed by atoms with Crippen LogP contribution in [-0.2, 0) is 0 Å². The number of thioether (sulfide) groups is 1. The molecule has 0 amide bonds. The fourth-order valence-corrected chi connectivity index (χ4v) is 4.08. The molecule has 1 aromatic heterocycles. The highest BCUT2D eigenvalue weighted by molar-refractivity contribution is 7.98. The summed E-state index contributed by atoms with van der Waals surface area (Å²) in [5, 5.41) is 5.72. The second-order valence-electron chi connectivity index (χ2n) is 7.46. The van der Waals surface area contributed by atoms with Gasteiger partial charge in [0.1, 0.15) is 10.7 Å². The van der Waals surface area contributed by atoms with Crippen LogP contribution < -0.4 is 0 Å². The number of rotatable bonds is 6. The Morgan fingerprint density at radius 2 is 1.45 bits per heavy atom. The predicted molar refractivity (Wildman–Crippen MR) is 130 cm³/mol. The number of ketones is 1. The lowest BCUT2D eigenvalue weighted by atomic mass is 10.0. The van der Waals surface area contributed by atoms with Crippen LogP contribution in [0.5, 0.6) is 0 Å². The third-order valence-electron chi connectivity index (χ3n) is 5.12. The standard InChI is InChI=1S/C27H24N2OS/c1-19-9-13-21(14-10-19)15-18-24-25(26(30)22-7-5-4-6-8-22)28-29(27(24)31-3)23-16-11-20(2)12-17-23/h4-18H,1-3H3/b18-15+. The summed E-state index contributed by atoms with van der Waals surface area (Å²) in [6.45, 7) is 4.13. The van der Waals surface area contributed by atoms with Crippen molar-refractivity contribution in [3.63, 3.8) is 0 Å². The first-order valence-corrected chi connectivity index (χ1v) is 11.4. The van der Waals surface area contributed by atoms with Gasteiger partial charge < -0.3 is 0 Å². The van der Waals surface area contributed by atoms with E-state index >= 15 is 0 Å². The zero-order valence-electron chi connectivity index (χ0n) is 17.9. The average Bonchev–Trinajstić information content (AvgIpc) is 3.17. The van der Waals surface area contributed by atoms with Gasteiger partial charge in [0.25, 0.3) is 0 Å². The normalized spacial score (nSPS) is 11.2. The van der Waals surface area contributed by atoms with Crippen LogP contribution >= 0.6 is 11.8 Å². The molecule has 0 aliphatic carbocycles. The van der Waals surface area contributed by atoms with Gasteiger partial charge in [0.2, 0.25) is 5.78 Å². The van der Waals surface area contributed by atoms with Crippen LogP contribution in [0.2, 0.25) is 0 Å². The lowest BCUT2D eigenvalue weighted by Crippen LogP contribution is -2.05. The molecule has 0 saturated heterocycles. The third kappa shape index (κ3) is 4.54. The molecule has 31 heavy (non-hydrogen) atoms. The molecule has 4 heteroatoms. The molecular weight excluding hydrogens is 400 g/mol. The topological polar surface area (TPSA) is 34.9 Å². The SMILES string of the molecule is CSc1c(/C=C/c2ccc(C)cc2)c(C(=O)c2ccccc2)nn1-c1ccc(C)cc1. The number of hydrogen-bond acceptors (Lipinski definition) is 3. The Kier molecular flexibility index (Phi) is 6.19. The number of nitrogens with zero attached hydrogens (tertiary/aromatic N) is 2. The highest BCUT2D eigenvalue weighted by Crippen LogP contribution is 2.30. The van der Waals surface area contributed by atoms with E-state index < -0.39 is 0 Å². The first-order valence-electron chi connectivity index (χ1n) is 10.2. The van der Waals surface area contributed by atoms with Crippen LogP contribution in [0.15, 0.2) is 83.9 Å². The molecule has 154 valence electrons. The van der Waals surface area contributed by atoms with Crippen LogP contribution in [0, 0.1) is 13.8 Å². The molecule has 4 rings (SSSR count). The number of carbonyl (C=O) groups excluding carboxylic acids is 1. The van der Waals surface area contributed by atoms with E-state index in [1.54, 1.807) is 11.8 Å². The lowest BCUT2D eigenvalue weighted by molar-refractivity contribution is 0.103. The Hall–Kier alpha value is -3.37.